The van der Waals surface area contributed by atoms with Crippen LogP contribution in [0.2, 0.25) is 0 Å². The van der Waals surface area contributed by atoms with Gasteiger partial charge in [0.15, 0.2) is 0 Å². The summed E-state index contributed by atoms with van der Waals surface area (Å²) in [6.45, 7) is 18.4. The van der Waals surface area contributed by atoms with Crippen molar-refractivity contribution in [3.8, 4) is 0 Å². The molecule has 9 heteroatoms. The first-order valence-electron chi connectivity index (χ1n) is 19.8. The Morgan fingerprint density at radius 1 is 0.849 bits per heavy atom. The molecule has 4 rings (SSSR count). The van der Waals surface area contributed by atoms with E-state index in [4.69, 9.17) is 0 Å². The van der Waals surface area contributed by atoms with Gasteiger partial charge in [0, 0.05) is 38.3 Å². The van der Waals surface area contributed by atoms with Gasteiger partial charge >= 0.3 is 0 Å². The molecule has 2 aliphatic rings. The molecular formula is C44H65N5O4. The fourth-order valence-electron chi connectivity index (χ4n) is 7.85. The molecule has 2 aromatic carbocycles. The van der Waals surface area contributed by atoms with E-state index in [1.165, 1.54) is 0 Å². The van der Waals surface area contributed by atoms with Gasteiger partial charge in [0.1, 0.15) is 12.1 Å². The van der Waals surface area contributed by atoms with E-state index in [-0.39, 0.29) is 41.6 Å². The molecule has 0 aromatic heterocycles. The molecule has 0 radical (unpaired) electrons. The number of nitrogens with one attached hydrogen (secondary N) is 1. The van der Waals surface area contributed by atoms with Crippen molar-refractivity contribution in [1.29, 1.82) is 0 Å². The number of amides is 4. The van der Waals surface area contributed by atoms with Crippen LogP contribution in [0.3, 0.4) is 0 Å². The molecule has 2 aliphatic heterocycles. The lowest BCUT2D eigenvalue weighted by Gasteiger charge is -2.41. The van der Waals surface area contributed by atoms with Gasteiger partial charge in [0.25, 0.3) is 0 Å². The van der Waals surface area contributed by atoms with Crippen molar-refractivity contribution in [3.05, 3.63) is 83.4 Å². The van der Waals surface area contributed by atoms with Crippen LogP contribution in [0.15, 0.2) is 72.3 Å². The zero-order valence-corrected chi connectivity index (χ0v) is 33.8. The van der Waals surface area contributed by atoms with E-state index in [2.05, 4.69) is 36.2 Å². The predicted octanol–water partition coefficient (Wildman–Crippen LogP) is 6.47. The third kappa shape index (κ3) is 11.0. The summed E-state index contributed by atoms with van der Waals surface area (Å²) in [5.74, 6) is -0.501. The average Bonchev–Trinajstić information content (AvgIpc) is 3.63. The molecule has 1 N–H and O–H groups in total. The molecule has 2 heterocycles. The Kier molecular flexibility index (Phi) is 14.9. The summed E-state index contributed by atoms with van der Waals surface area (Å²) in [4.78, 5) is 64.1. The molecule has 0 aliphatic carbocycles. The first-order valence-corrected chi connectivity index (χ1v) is 19.8. The first-order chi connectivity index (χ1) is 25.1. The van der Waals surface area contributed by atoms with E-state index in [9.17, 15) is 19.2 Å². The lowest BCUT2D eigenvalue weighted by molar-refractivity contribution is -0.142. The SMILES string of the molecule is C/C(=C\[C@H](C(C)C)N(C)C(=O)[C@@H](NC(=O)C1CCCCN1C(C)C)C(C)(C)C)C(=O)N1CCC[C@H]1C(=O)N(CCc1ccccc1)Cc1ccccc1. The molecule has 1 unspecified atom stereocenters. The molecule has 2 saturated heterocycles. The van der Waals surface area contributed by atoms with Crippen LogP contribution in [-0.4, -0.2) is 100 Å². The fourth-order valence-corrected chi connectivity index (χ4v) is 7.85. The van der Waals surface area contributed by atoms with Gasteiger partial charge in [-0.2, -0.15) is 0 Å². The van der Waals surface area contributed by atoms with Gasteiger partial charge in [-0.05, 0) is 81.9 Å². The number of hydrogen-bond donors (Lipinski definition) is 1. The summed E-state index contributed by atoms with van der Waals surface area (Å²) >= 11 is 0. The van der Waals surface area contributed by atoms with Crippen LogP contribution < -0.4 is 5.32 Å². The normalized spacial score (nSPS) is 19.6. The Labute approximate surface area is 319 Å². The lowest BCUT2D eigenvalue weighted by Crippen LogP contribution is -2.60. The van der Waals surface area contributed by atoms with Crippen LogP contribution in [0.5, 0.6) is 0 Å². The molecule has 4 atom stereocenters. The number of likely N-dealkylation sites (N-methyl/N-ethyl adjacent to an activating group) is 1. The summed E-state index contributed by atoms with van der Waals surface area (Å²) in [6.07, 6.45) is 6.81. The number of carbonyl (C=O) groups excluding carboxylic acids is 4. The Morgan fingerprint density at radius 2 is 1.45 bits per heavy atom. The third-order valence-electron chi connectivity index (χ3n) is 11.0. The van der Waals surface area contributed by atoms with Crippen molar-refractivity contribution < 1.29 is 19.2 Å². The number of benzene rings is 2. The Bertz CT molecular complexity index is 1550. The summed E-state index contributed by atoms with van der Waals surface area (Å²) in [5, 5.41) is 3.16. The Hall–Kier alpha value is -3.98. The van der Waals surface area contributed by atoms with Gasteiger partial charge in [-0.3, -0.25) is 24.1 Å². The summed E-state index contributed by atoms with van der Waals surface area (Å²) in [7, 11) is 1.77. The van der Waals surface area contributed by atoms with Crippen molar-refractivity contribution in [1.82, 2.24) is 24.9 Å². The van der Waals surface area contributed by atoms with Crippen LogP contribution in [0.4, 0.5) is 0 Å². The number of hydrogen-bond acceptors (Lipinski definition) is 5. The van der Waals surface area contributed by atoms with Gasteiger partial charge in [-0.15, -0.1) is 0 Å². The van der Waals surface area contributed by atoms with E-state index in [0.717, 1.165) is 49.8 Å². The van der Waals surface area contributed by atoms with Crippen LogP contribution in [0.1, 0.15) is 98.6 Å². The molecule has 0 saturated carbocycles. The Morgan fingerprint density at radius 3 is 2.04 bits per heavy atom. The van der Waals surface area contributed by atoms with E-state index >= 15 is 0 Å². The van der Waals surface area contributed by atoms with Crippen molar-refractivity contribution >= 4 is 23.6 Å². The third-order valence-corrected chi connectivity index (χ3v) is 11.0. The van der Waals surface area contributed by atoms with Crippen molar-refractivity contribution in [3.63, 3.8) is 0 Å². The molecule has 0 spiro atoms. The smallest absolute Gasteiger partial charge is 0.249 e. The molecule has 2 aromatic rings. The monoisotopic (exact) mass is 728 g/mol. The van der Waals surface area contributed by atoms with E-state index in [1.807, 2.05) is 94.1 Å². The van der Waals surface area contributed by atoms with Crippen molar-refractivity contribution in [2.24, 2.45) is 11.3 Å². The minimum absolute atomic E-state index is 0.00634. The highest BCUT2D eigenvalue weighted by Gasteiger charge is 2.41. The molecule has 290 valence electrons. The molecule has 53 heavy (non-hydrogen) atoms. The van der Waals surface area contributed by atoms with Gasteiger partial charge in [-0.25, -0.2) is 0 Å². The zero-order valence-electron chi connectivity index (χ0n) is 33.8. The van der Waals surface area contributed by atoms with Crippen LogP contribution in [-0.2, 0) is 32.1 Å². The summed E-state index contributed by atoms with van der Waals surface area (Å²) < 4.78 is 0. The van der Waals surface area contributed by atoms with Crippen LogP contribution in [0, 0.1) is 11.3 Å². The minimum atomic E-state index is -0.742. The minimum Gasteiger partial charge on any atom is -0.342 e. The fraction of sp³-hybridized carbons (Fsp3) is 0.591. The van der Waals surface area contributed by atoms with E-state index in [0.29, 0.717) is 31.6 Å². The quantitative estimate of drug-likeness (QED) is 0.225. The van der Waals surface area contributed by atoms with Crippen molar-refractivity contribution in [2.75, 3.05) is 26.7 Å². The zero-order chi connectivity index (χ0) is 38.9. The molecular weight excluding hydrogens is 663 g/mol. The number of carbonyl (C=O) groups is 4. The second-order valence-corrected chi connectivity index (χ2v) is 16.8. The van der Waals surface area contributed by atoms with Gasteiger partial charge in [0.2, 0.25) is 23.6 Å². The highest BCUT2D eigenvalue weighted by atomic mass is 16.2. The molecule has 2 fully saturated rings. The first kappa shape index (κ1) is 41.8. The topological polar surface area (TPSA) is 93.3 Å². The number of piperidine rings is 1. The highest BCUT2D eigenvalue weighted by Crippen LogP contribution is 2.27. The van der Waals surface area contributed by atoms with Gasteiger partial charge in [0.05, 0.1) is 12.1 Å². The average molecular weight is 728 g/mol. The van der Waals surface area contributed by atoms with Gasteiger partial charge in [-0.1, -0.05) is 108 Å². The number of nitrogens with zero attached hydrogens (tertiary/aromatic N) is 4. The standard InChI is InChI=1S/C44H65N5O4/c1-31(2)38(46(9)43(53)39(44(6,7)8)45-40(50)36-23-16-17-26-48(36)32(3)4)29-33(5)41(51)49-27-18-24-37(49)42(52)47(30-35-21-14-11-15-22-35)28-25-34-19-12-10-13-20-34/h10-15,19-22,29,31-32,36-39H,16-18,23-28,30H2,1-9H3,(H,45,50)/b33-29+/t36?,37-,38+,39+/m0/s1. The summed E-state index contributed by atoms with van der Waals surface area (Å²) in [5.41, 5.74) is 2.18. The number of rotatable bonds is 14. The second kappa shape index (κ2) is 18.9. The second-order valence-electron chi connectivity index (χ2n) is 16.8. The van der Waals surface area contributed by atoms with E-state index < -0.39 is 23.5 Å². The predicted molar refractivity (Wildman–Crippen MR) is 213 cm³/mol. The molecule has 0 bridgehead atoms. The maximum absolute atomic E-state index is 14.3. The summed E-state index contributed by atoms with van der Waals surface area (Å²) in [6, 6.07) is 18.5. The molecule has 9 nitrogen and oxygen atoms in total. The lowest BCUT2D eigenvalue weighted by atomic mass is 9.84. The van der Waals surface area contributed by atoms with Crippen LogP contribution >= 0.6 is 0 Å². The largest absolute Gasteiger partial charge is 0.342 e. The van der Waals surface area contributed by atoms with Crippen LogP contribution in [0.25, 0.3) is 0 Å². The molecule has 4 amide bonds. The number of likely N-dealkylation sites (tertiary alicyclic amines) is 2. The van der Waals surface area contributed by atoms with Gasteiger partial charge < -0.3 is 20.0 Å². The Balaban J connectivity index is 1.52. The highest BCUT2D eigenvalue weighted by molar-refractivity contribution is 5.97. The van der Waals surface area contributed by atoms with Crippen molar-refractivity contribution in [2.45, 2.75) is 131 Å². The maximum Gasteiger partial charge on any atom is 0.249 e. The maximum atomic E-state index is 14.3. The van der Waals surface area contributed by atoms with E-state index in [1.54, 1.807) is 23.8 Å².